The molecule has 0 bridgehead atoms. The normalized spacial score (nSPS) is 10.9. The van der Waals surface area contributed by atoms with Crippen molar-refractivity contribution < 1.29 is 8.81 Å². The van der Waals surface area contributed by atoms with E-state index in [9.17, 15) is 4.39 Å². The van der Waals surface area contributed by atoms with Gasteiger partial charge >= 0.3 is 0 Å². The molecule has 3 aromatic rings. The molecule has 4 nitrogen and oxygen atoms in total. The van der Waals surface area contributed by atoms with Crippen molar-refractivity contribution >= 4 is 16.8 Å². The molecular weight excluding hydrogens is 245 g/mol. The molecule has 0 aliphatic carbocycles. The van der Waals surface area contributed by atoms with Crippen molar-refractivity contribution in [1.29, 1.82) is 0 Å². The summed E-state index contributed by atoms with van der Waals surface area (Å²) in [5, 5.41) is 3.64. The number of hydrogen-bond acceptors (Lipinski definition) is 4. The number of nitrogens with one attached hydrogen (secondary N) is 1. The van der Waals surface area contributed by atoms with Crippen LogP contribution in [0, 0.1) is 12.7 Å². The number of rotatable bonds is 2. The Kier molecular flexibility index (Phi) is 2.67. The van der Waals surface area contributed by atoms with Gasteiger partial charge in [0.1, 0.15) is 11.8 Å². The molecule has 2 heterocycles. The van der Waals surface area contributed by atoms with Crippen LogP contribution in [0.3, 0.4) is 0 Å². The number of aromatic nitrogens is 2. The standard InChI is InChI=1S/C14H12FN3O/c1-8-12(15)14(16-2)18-13(17-8)10-7-19-11-6-4-3-5-9(10)11/h3-7H,1-2H3,(H,16,17,18). The quantitative estimate of drug-likeness (QED) is 0.764. The summed E-state index contributed by atoms with van der Waals surface area (Å²) in [6.45, 7) is 1.61. The van der Waals surface area contributed by atoms with Gasteiger partial charge in [-0.15, -0.1) is 0 Å². The zero-order chi connectivity index (χ0) is 13.4. The summed E-state index contributed by atoms with van der Waals surface area (Å²) < 4.78 is 19.2. The summed E-state index contributed by atoms with van der Waals surface area (Å²) in [5.41, 5.74) is 1.82. The monoisotopic (exact) mass is 257 g/mol. The fourth-order valence-corrected chi connectivity index (χ4v) is 2.00. The number of nitrogens with zero attached hydrogens (tertiary/aromatic N) is 2. The molecule has 0 amide bonds. The maximum absolute atomic E-state index is 13.7. The van der Waals surface area contributed by atoms with E-state index in [1.807, 2.05) is 24.3 Å². The van der Waals surface area contributed by atoms with Gasteiger partial charge in [-0.2, -0.15) is 0 Å². The number of fused-ring (bicyclic) bond motifs is 1. The molecule has 0 aliphatic rings. The number of benzene rings is 1. The van der Waals surface area contributed by atoms with E-state index in [2.05, 4.69) is 15.3 Å². The molecule has 0 fully saturated rings. The average molecular weight is 257 g/mol. The highest BCUT2D eigenvalue weighted by Crippen LogP contribution is 2.29. The molecule has 0 saturated carbocycles. The lowest BCUT2D eigenvalue weighted by Crippen LogP contribution is -2.03. The molecule has 5 heteroatoms. The highest BCUT2D eigenvalue weighted by atomic mass is 19.1. The summed E-state index contributed by atoms with van der Waals surface area (Å²) in [7, 11) is 1.63. The largest absolute Gasteiger partial charge is 0.464 e. The van der Waals surface area contributed by atoms with Crippen LogP contribution in [-0.4, -0.2) is 17.0 Å². The van der Waals surface area contributed by atoms with Crippen LogP contribution >= 0.6 is 0 Å². The SMILES string of the molecule is CNc1nc(-c2coc3ccccc23)nc(C)c1F. The molecule has 19 heavy (non-hydrogen) atoms. The van der Waals surface area contributed by atoms with Gasteiger partial charge in [0, 0.05) is 12.4 Å². The molecule has 0 saturated heterocycles. The predicted octanol–water partition coefficient (Wildman–Crippen LogP) is 3.38. The lowest BCUT2D eigenvalue weighted by Gasteiger charge is -2.06. The summed E-state index contributed by atoms with van der Waals surface area (Å²) in [6, 6.07) is 7.60. The number of halogens is 1. The van der Waals surface area contributed by atoms with E-state index in [1.54, 1.807) is 20.2 Å². The molecule has 0 radical (unpaired) electrons. The zero-order valence-corrected chi connectivity index (χ0v) is 10.6. The van der Waals surface area contributed by atoms with E-state index in [0.29, 0.717) is 11.5 Å². The second-order valence-electron chi connectivity index (χ2n) is 4.19. The Morgan fingerprint density at radius 3 is 2.79 bits per heavy atom. The third kappa shape index (κ3) is 1.83. The third-order valence-electron chi connectivity index (χ3n) is 2.98. The van der Waals surface area contributed by atoms with Crippen LogP contribution in [0.15, 0.2) is 34.9 Å². The molecule has 1 aromatic carbocycles. The van der Waals surface area contributed by atoms with Gasteiger partial charge in [-0.05, 0) is 13.0 Å². The van der Waals surface area contributed by atoms with Gasteiger partial charge in [0.15, 0.2) is 17.5 Å². The molecule has 0 aliphatic heterocycles. The van der Waals surface area contributed by atoms with E-state index < -0.39 is 5.82 Å². The van der Waals surface area contributed by atoms with Gasteiger partial charge in [0.05, 0.1) is 11.3 Å². The summed E-state index contributed by atoms with van der Waals surface area (Å²) in [6.07, 6.45) is 1.59. The number of furan rings is 1. The van der Waals surface area contributed by atoms with Crippen molar-refractivity contribution in [2.75, 3.05) is 12.4 Å². The minimum absolute atomic E-state index is 0.188. The molecular formula is C14H12FN3O. The Hall–Kier alpha value is -2.43. The molecule has 0 spiro atoms. The topological polar surface area (TPSA) is 51.0 Å². The van der Waals surface area contributed by atoms with Gasteiger partial charge in [-0.3, -0.25) is 0 Å². The minimum atomic E-state index is -0.431. The smallest absolute Gasteiger partial charge is 0.186 e. The highest BCUT2D eigenvalue weighted by Gasteiger charge is 2.15. The first-order chi connectivity index (χ1) is 9.20. The number of hydrogen-bond donors (Lipinski definition) is 1. The van der Waals surface area contributed by atoms with E-state index >= 15 is 0 Å². The molecule has 1 N–H and O–H groups in total. The molecule has 3 rings (SSSR count). The van der Waals surface area contributed by atoms with Gasteiger partial charge < -0.3 is 9.73 Å². The van der Waals surface area contributed by atoms with Crippen molar-refractivity contribution in [2.24, 2.45) is 0 Å². The Labute approximate surface area is 109 Å². The van der Waals surface area contributed by atoms with Crippen molar-refractivity contribution in [3.8, 4) is 11.4 Å². The van der Waals surface area contributed by atoms with E-state index in [1.165, 1.54) is 0 Å². The van der Waals surface area contributed by atoms with Crippen LogP contribution in [0.5, 0.6) is 0 Å². The summed E-state index contributed by atoms with van der Waals surface area (Å²) in [4.78, 5) is 8.37. The Bertz CT molecular complexity index is 752. The molecule has 0 atom stereocenters. The Balaban J connectivity index is 2.24. The van der Waals surface area contributed by atoms with Crippen LogP contribution in [0.1, 0.15) is 5.69 Å². The minimum Gasteiger partial charge on any atom is -0.464 e. The predicted molar refractivity (Wildman–Crippen MR) is 71.5 cm³/mol. The highest BCUT2D eigenvalue weighted by molar-refractivity contribution is 5.92. The number of anilines is 1. The first kappa shape index (κ1) is 11.6. The summed E-state index contributed by atoms with van der Waals surface area (Å²) in [5.74, 6) is 0.208. The van der Waals surface area contributed by atoms with Crippen molar-refractivity contribution in [3.05, 3.63) is 42.0 Å². The number of aryl methyl sites for hydroxylation is 1. The zero-order valence-electron chi connectivity index (χ0n) is 10.6. The van der Waals surface area contributed by atoms with Gasteiger partial charge in [0.25, 0.3) is 0 Å². The Morgan fingerprint density at radius 2 is 2.00 bits per heavy atom. The van der Waals surface area contributed by atoms with E-state index in [0.717, 1.165) is 16.5 Å². The van der Waals surface area contributed by atoms with Crippen LogP contribution in [-0.2, 0) is 0 Å². The first-order valence-corrected chi connectivity index (χ1v) is 5.89. The fraction of sp³-hybridized carbons (Fsp3) is 0.143. The lowest BCUT2D eigenvalue weighted by molar-refractivity contribution is 0.605. The molecule has 2 aromatic heterocycles. The molecule has 96 valence electrons. The fourth-order valence-electron chi connectivity index (χ4n) is 2.00. The van der Waals surface area contributed by atoms with Crippen LogP contribution < -0.4 is 5.32 Å². The second-order valence-corrected chi connectivity index (χ2v) is 4.19. The molecule has 0 unspecified atom stereocenters. The Morgan fingerprint density at radius 1 is 1.21 bits per heavy atom. The average Bonchev–Trinajstić information content (AvgIpc) is 2.85. The second kappa shape index (κ2) is 4.35. The van der Waals surface area contributed by atoms with Crippen LogP contribution in [0.4, 0.5) is 10.2 Å². The maximum Gasteiger partial charge on any atom is 0.186 e. The summed E-state index contributed by atoms with van der Waals surface area (Å²) >= 11 is 0. The lowest BCUT2D eigenvalue weighted by atomic mass is 10.1. The third-order valence-corrected chi connectivity index (χ3v) is 2.98. The van der Waals surface area contributed by atoms with Crippen LogP contribution in [0.2, 0.25) is 0 Å². The van der Waals surface area contributed by atoms with Crippen LogP contribution in [0.25, 0.3) is 22.4 Å². The van der Waals surface area contributed by atoms with Crippen molar-refractivity contribution in [3.63, 3.8) is 0 Å². The van der Waals surface area contributed by atoms with Gasteiger partial charge in [0.2, 0.25) is 0 Å². The number of para-hydroxylation sites is 1. The first-order valence-electron chi connectivity index (χ1n) is 5.89. The van der Waals surface area contributed by atoms with E-state index in [4.69, 9.17) is 4.42 Å². The van der Waals surface area contributed by atoms with E-state index in [-0.39, 0.29) is 5.82 Å². The van der Waals surface area contributed by atoms with Gasteiger partial charge in [-0.1, -0.05) is 18.2 Å². The van der Waals surface area contributed by atoms with Gasteiger partial charge in [-0.25, -0.2) is 14.4 Å². The maximum atomic E-state index is 13.7. The van der Waals surface area contributed by atoms with Crippen molar-refractivity contribution in [1.82, 2.24) is 9.97 Å². The van der Waals surface area contributed by atoms with Crippen molar-refractivity contribution in [2.45, 2.75) is 6.92 Å².